The number of rotatable bonds is 7. The maximum absolute atomic E-state index is 13.1. The van der Waals surface area contributed by atoms with Crippen LogP contribution in [0.5, 0.6) is 0 Å². The molecule has 0 radical (unpaired) electrons. The molecule has 0 atom stereocenters. The Morgan fingerprint density at radius 2 is 1.81 bits per heavy atom. The molecule has 0 aliphatic carbocycles. The van der Waals surface area contributed by atoms with Crippen molar-refractivity contribution in [1.82, 2.24) is 4.57 Å². The Morgan fingerprint density at radius 1 is 1.08 bits per heavy atom. The van der Waals surface area contributed by atoms with Gasteiger partial charge in [0.25, 0.3) is 0 Å². The number of para-hydroxylation sites is 1. The summed E-state index contributed by atoms with van der Waals surface area (Å²) < 4.78 is 20.0. The number of halogens is 1. The second-order valence-corrected chi connectivity index (χ2v) is 6.00. The van der Waals surface area contributed by atoms with Gasteiger partial charge in [-0.1, -0.05) is 18.2 Å². The summed E-state index contributed by atoms with van der Waals surface area (Å²) in [6, 6.07) is 13.2. The minimum absolute atomic E-state index is 0.148. The summed E-state index contributed by atoms with van der Waals surface area (Å²) in [4.78, 5) is 24.3. The normalized spacial score (nSPS) is 10.8. The van der Waals surface area contributed by atoms with Gasteiger partial charge in [0, 0.05) is 41.2 Å². The lowest BCUT2D eigenvalue weighted by Crippen LogP contribution is -2.06. The molecule has 134 valence electrons. The number of aryl methyl sites for hydroxylation is 1. The van der Waals surface area contributed by atoms with E-state index in [1.165, 1.54) is 24.3 Å². The topological polar surface area (TPSA) is 48.3 Å². The van der Waals surface area contributed by atoms with Crippen molar-refractivity contribution in [3.63, 3.8) is 0 Å². The molecule has 0 aliphatic heterocycles. The average Bonchev–Trinajstić information content (AvgIpc) is 3.01. The van der Waals surface area contributed by atoms with E-state index in [9.17, 15) is 14.0 Å². The lowest BCUT2D eigenvalue weighted by molar-refractivity contribution is -0.143. The SMILES string of the molecule is CCOC(=O)CCCn1cc(C(=O)c2ccc(F)cc2)c2ccccc21. The standard InChI is InChI=1S/C21H20FNO3/c1-2-26-20(24)8-5-13-23-14-18(17-6-3-4-7-19(17)23)21(25)15-9-11-16(22)12-10-15/h3-4,6-7,9-12,14H,2,5,8,13H2,1H3. The van der Waals surface area contributed by atoms with E-state index in [-0.39, 0.29) is 17.6 Å². The Bertz CT molecular complexity index is 928. The molecule has 0 fully saturated rings. The van der Waals surface area contributed by atoms with Crippen LogP contribution in [0.15, 0.2) is 54.7 Å². The van der Waals surface area contributed by atoms with Gasteiger partial charge in [-0.2, -0.15) is 0 Å². The number of fused-ring (bicyclic) bond motifs is 1. The number of benzene rings is 2. The first-order chi connectivity index (χ1) is 12.6. The minimum Gasteiger partial charge on any atom is -0.466 e. The predicted octanol–water partition coefficient (Wildman–Crippen LogP) is 4.35. The fraction of sp³-hybridized carbons (Fsp3) is 0.238. The van der Waals surface area contributed by atoms with Gasteiger partial charge in [0.05, 0.1) is 6.61 Å². The third-order valence-corrected chi connectivity index (χ3v) is 4.22. The molecule has 0 bridgehead atoms. The lowest BCUT2D eigenvalue weighted by Gasteiger charge is -2.05. The van der Waals surface area contributed by atoms with E-state index < -0.39 is 0 Å². The van der Waals surface area contributed by atoms with E-state index >= 15 is 0 Å². The van der Waals surface area contributed by atoms with Crippen LogP contribution in [0.2, 0.25) is 0 Å². The Morgan fingerprint density at radius 3 is 2.54 bits per heavy atom. The van der Waals surface area contributed by atoms with Gasteiger partial charge < -0.3 is 9.30 Å². The molecule has 4 nitrogen and oxygen atoms in total. The molecule has 3 aromatic rings. The summed E-state index contributed by atoms with van der Waals surface area (Å²) in [6.07, 6.45) is 2.77. The van der Waals surface area contributed by atoms with Crippen molar-refractivity contribution in [2.24, 2.45) is 0 Å². The van der Waals surface area contributed by atoms with Crippen LogP contribution >= 0.6 is 0 Å². The van der Waals surface area contributed by atoms with E-state index in [4.69, 9.17) is 4.74 Å². The molecule has 0 N–H and O–H groups in total. The van der Waals surface area contributed by atoms with Crippen LogP contribution in [-0.4, -0.2) is 22.9 Å². The van der Waals surface area contributed by atoms with Gasteiger partial charge >= 0.3 is 5.97 Å². The van der Waals surface area contributed by atoms with Crippen molar-refractivity contribution in [2.45, 2.75) is 26.3 Å². The van der Waals surface area contributed by atoms with Crippen molar-refractivity contribution >= 4 is 22.7 Å². The summed E-state index contributed by atoms with van der Waals surface area (Å²) in [5.41, 5.74) is 1.95. The van der Waals surface area contributed by atoms with Crippen molar-refractivity contribution < 1.29 is 18.7 Å². The number of esters is 1. The van der Waals surface area contributed by atoms with Crippen LogP contribution < -0.4 is 0 Å². The first-order valence-corrected chi connectivity index (χ1v) is 8.64. The van der Waals surface area contributed by atoms with Crippen LogP contribution in [-0.2, 0) is 16.1 Å². The summed E-state index contributed by atoms with van der Waals surface area (Å²) in [5, 5.41) is 0.845. The van der Waals surface area contributed by atoms with Gasteiger partial charge in [0.1, 0.15) is 5.82 Å². The Balaban J connectivity index is 1.86. The van der Waals surface area contributed by atoms with Crippen LogP contribution in [0.4, 0.5) is 4.39 Å². The summed E-state index contributed by atoms with van der Waals surface area (Å²) in [7, 11) is 0. The summed E-state index contributed by atoms with van der Waals surface area (Å²) >= 11 is 0. The number of nitrogens with zero attached hydrogens (tertiary/aromatic N) is 1. The number of carbonyl (C=O) groups is 2. The number of hydrogen-bond acceptors (Lipinski definition) is 3. The first-order valence-electron chi connectivity index (χ1n) is 8.64. The summed E-state index contributed by atoms with van der Waals surface area (Å²) in [6.45, 7) is 2.77. The highest BCUT2D eigenvalue weighted by atomic mass is 19.1. The number of ether oxygens (including phenoxy) is 1. The zero-order chi connectivity index (χ0) is 18.5. The fourth-order valence-electron chi connectivity index (χ4n) is 3.00. The van der Waals surface area contributed by atoms with E-state index in [0.717, 1.165) is 10.9 Å². The third kappa shape index (κ3) is 3.82. The van der Waals surface area contributed by atoms with E-state index in [2.05, 4.69) is 0 Å². The number of hydrogen-bond donors (Lipinski definition) is 0. The molecule has 3 rings (SSSR count). The van der Waals surface area contributed by atoms with Crippen molar-refractivity contribution in [3.05, 3.63) is 71.7 Å². The molecule has 1 aromatic heterocycles. The van der Waals surface area contributed by atoms with Crippen molar-refractivity contribution in [3.8, 4) is 0 Å². The molecule has 5 heteroatoms. The van der Waals surface area contributed by atoms with Gasteiger partial charge in [0.15, 0.2) is 5.78 Å². The molecule has 26 heavy (non-hydrogen) atoms. The van der Waals surface area contributed by atoms with Crippen molar-refractivity contribution in [2.75, 3.05) is 6.61 Å². The highest BCUT2D eigenvalue weighted by Crippen LogP contribution is 2.24. The quantitative estimate of drug-likeness (QED) is 0.468. The van der Waals surface area contributed by atoms with E-state index in [1.807, 2.05) is 35.0 Å². The van der Waals surface area contributed by atoms with E-state index in [1.54, 1.807) is 6.92 Å². The zero-order valence-corrected chi connectivity index (χ0v) is 14.6. The highest BCUT2D eigenvalue weighted by molar-refractivity contribution is 6.16. The monoisotopic (exact) mass is 353 g/mol. The smallest absolute Gasteiger partial charge is 0.305 e. The molecule has 1 heterocycles. The second-order valence-electron chi connectivity index (χ2n) is 6.00. The molecule has 0 aliphatic rings. The van der Waals surface area contributed by atoms with Gasteiger partial charge in [-0.3, -0.25) is 9.59 Å². The Labute approximate surface area is 151 Å². The number of aromatic nitrogens is 1. The van der Waals surface area contributed by atoms with Crippen LogP contribution in [0.25, 0.3) is 10.9 Å². The summed E-state index contributed by atoms with van der Waals surface area (Å²) in [5.74, 6) is -0.736. The van der Waals surface area contributed by atoms with Gasteiger partial charge in [-0.05, 0) is 43.7 Å². The number of carbonyl (C=O) groups excluding carboxylic acids is 2. The molecule has 2 aromatic carbocycles. The first kappa shape index (κ1) is 17.9. The predicted molar refractivity (Wildman–Crippen MR) is 97.6 cm³/mol. The molecular formula is C21H20FNO3. The van der Waals surface area contributed by atoms with Gasteiger partial charge in [-0.15, -0.1) is 0 Å². The third-order valence-electron chi connectivity index (χ3n) is 4.22. The molecule has 0 amide bonds. The van der Waals surface area contributed by atoms with Crippen LogP contribution in [0, 0.1) is 5.82 Å². The minimum atomic E-state index is -0.372. The van der Waals surface area contributed by atoms with Crippen molar-refractivity contribution in [1.29, 1.82) is 0 Å². The van der Waals surface area contributed by atoms with Gasteiger partial charge in [-0.25, -0.2) is 4.39 Å². The molecule has 0 saturated heterocycles. The largest absolute Gasteiger partial charge is 0.466 e. The maximum atomic E-state index is 13.1. The van der Waals surface area contributed by atoms with Crippen LogP contribution in [0.1, 0.15) is 35.7 Å². The molecule has 0 saturated carbocycles. The fourth-order valence-corrected chi connectivity index (χ4v) is 3.00. The molecule has 0 unspecified atom stereocenters. The van der Waals surface area contributed by atoms with Gasteiger partial charge in [0.2, 0.25) is 0 Å². The number of ketones is 1. The average molecular weight is 353 g/mol. The molecular weight excluding hydrogens is 333 g/mol. The van der Waals surface area contributed by atoms with E-state index in [0.29, 0.717) is 37.1 Å². The second kappa shape index (κ2) is 7.95. The van der Waals surface area contributed by atoms with Crippen LogP contribution in [0.3, 0.4) is 0 Å². The maximum Gasteiger partial charge on any atom is 0.305 e. The highest BCUT2D eigenvalue weighted by Gasteiger charge is 2.16. The zero-order valence-electron chi connectivity index (χ0n) is 14.6. The molecule has 0 spiro atoms. The Hall–Kier alpha value is -2.95. The Kier molecular flexibility index (Phi) is 5.46. The lowest BCUT2D eigenvalue weighted by atomic mass is 10.0.